The molecule has 1 saturated heterocycles. The third-order valence-corrected chi connectivity index (χ3v) is 6.90. The molecule has 12 nitrogen and oxygen atoms in total. The number of aromatic amines is 1. The van der Waals surface area contributed by atoms with E-state index in [1.807, 2.05) is 6.07 Å². The summed E-state index contributed by atoms with van der Waals surface area (Å²) in [6.45, 7) is -0.972. The number of carbonyl (C=O) groups is 1. The predicted molar refractivity (Wildman–Crippen MR) is 117 cm³/mol. The maximum absolute atomic E-state index is 15.1. The quantitative estimate of drug-likeness (QED) is 0.387. The Labute approximate surface area is 211 Å². The first-order chi connectivity index (χ1) is 18.1. The van der Waals surface area contributed by atoms with Crippen LogP contribution in [0.15, 0.2) is 18.3 Å². The van der Waals surface area contributed by atoms with Gasteiger partial charge in [-0.15, -0.1) is 13.2 Å². The molecule has 4 aliphatic rings. The van der Waals surface area contributed by atoms with E-state index in [1.165, 1.54) is 22.8 Å². The van der Waals surface area contributed by atoms with Crippen molar-refractivity contribution in [1.29, 1.82) is 5.26 Å². The second kappa shape index (κ2) is 8.81. The van der Waals surface area contributed by atoms with Gasteiger partial charge in [0.25, 0.3) is 0 Å². The summed E-state index contributed by atoms with van der Waals surface area (Å²) in [5, 5.41) is 25.6. The average Bonchev–Trinajstić information content (AvgIpc) is 3.53. The Bertz CT molecular complexity index is 1420. The molecular formula is C22H20F4N8O4. The van der Waals surface area contributed by atoms with Crippen LogP contribution in [0.4, 0.5) is 34.0 Å². The summed E-state index contributed by atoms with van der Waals surface area (Å²) in [5.41, 5.74) is 0.195. The number of nitrogens with zero attached hydrogens (tertiary/aromatic N) is 5. The molecule has 38 heavy (non-hydrogen) atoms. The van der Waals surface area contributed by atoms with E-state index in [9.17, 15) is 23.2 Å². The molecule has 3 N–H and O–H groups in total. The van der Waals surface area contributed by atoms with Crippen molar-refractivity contribution < 1.29 is 36.6 Å². The Morgan fingerprint density at radius 1 is 1.34 bits per heavy atom. The fourth-order valence-electron chi connectivity index (χ4n) is 5.04. The molecule has 0 radical (unpaired) electrons. The Balaban J connectivity index is 1.13. The summed E-state index contributed by atoms with van der Waals surface area (Å²) >= 11 is 0. The second-order valence-electron chi connectivity index (χ2n) is 9.65. The summed E-state index contributed by atoms with van der Waals surface area (Å²) in [4.78, 5) is 16.3. The zero-order valence-electron chi connectivity index (χ0n) is 19.5. The van der Waals surface area contributed by atoms with Crippen LogP contribution in [0.2, 0.25) is 0 Å². The number of nitriles is 1. The topological polar surface area (TPSA) is 151 Å². The third kappa shape index (κ3) is 4.58. The largest absolute Gasteiger partial charge is 0.522 e. The summed E-state index contributed by atoms with van der Waals surface area (Å²) in [6.07, 6.45) is -5.30. The maximum Gasteiger partial charge on any atom is 0.522 e. The number of halogens is 4. The fourth-order valence-corrected chi connectivity index (χ4v) is 5.04. The first-order valence-corrected chi connectivity index (χ1v) is 11.7. The number of hydrogen-bond donors (Lipinski definition) is 3. The minimum absolute atomic E-state index is 0.0475. The SMILES string of the molecule is N#Cc1cn2nc(COC(F)(F)F)cc2c(Nc2cc([C@@H]3OC[C@H](OC(=O)NC45CC(C4)C5)[C@H]3F)[nH]n2)n1. The molecule has 3 aromatic rings. The number of nitrogens with one attached hydrogen (secondary N) is 3. The average molecular weight is 536 g/mol. The normalized spacial score (nSPS) is 27.9. The fraction of sp³-hybridized carbons (Fsp3) is 0.500. The number of rotatable bonds is 7. The van der Waals surface area contributed by atoms with E-state index in [-0.39, 0.29) is 46.4 Å². The van der Waals surface area contributed by atoms with Crippen LogP contribution in [0.5, 0.6) is 0 Å². The lowest BCUT2D eigenvalue weighted by Crippen LogP contribution is -2.68. The van der Waals surface area contributed by atoms with Crippen LogP contribution in [-0.4, -0.2) is 61.7 Å². The predicted octanol–water partition coefficient (Wildman–Crippen LogP) is 3.16. The van der Waals surface area contributed by atoms with Crippen LogP contribution < -0.4 is 10.6 Å². The number of aromatic nitrogens is 5. The lowest BCUT2D eigenvalue weighted by Gasteiger charge is -2.61. The van der Waals surface area contributed by atoms with Gasteiger partial charge in [-0.05, 0) is 31.2 Å². The number of H-pyrrole nitrogens is 1. The molecule has 0 unspecified atom stereocenters. The van der Waals surface area contributed by atoms with Gasteiger partial charge < -0.3 is 20.1 Å². The van der Waals surface area contributed by atoms with E-state index in [2.05, 4.69) is 35.7 Å². The standard InChI is InChI=1S/C22H20F4N8O4/c23-17-15(38-20(35)30-21-3-10(4-21)5-21)9-36-18(17)13-2-16(32-31-13)29-19-14-1-11(8-37-22(24,25)26)33-34(14)7-12(6-27)28-19/h1-2,7,10,15,17-18H,3-5,8-9H2,(H,30,35)(H2,28,29,31,32)/t10?,15-,17+,18-,21?/m0/s1. The number of carbonyl (C=O) groups excluding carboxylic acids is 1. The highest BCUT2D eigenvalue weighted by atomic mass is 19.4. The number of amides is 1. The van der Waals surface area contributed by atoms with Gasteiger partial charge in [0, 0.05) is 11.6 Å². The molecule has 3 aromatic heterocycles. The van der Waals surface area contributed by atoms with Gasteiger partial charge in [-0.25, -0.2) is 18.7 Å². The van der Waals surface area contributed by atoms with Crippen LogP contribution in [0, 0.1) is 17.2 Å². The minimum atomic E-state index is -4.83. The molecular weight excluding hydrogens is 516 g/mol. The van der Waals surface area contributed by atoms with Crippen molar-refractivity contribution in [3.63, 3.8) is 0 Å². The molecule has 4 fully saturated rings. The van der Waals surface area contributed by atoms with E-state index < -0.39 is 37.4 Å². The molecule has 200 valence electrons. The minimum Gasteiger partial charge on any atom is -0.441 e. The van der Waals surface area contributed by atoms with Gasteiger partial charge in [-0.3, -0.25) is 9.84 Å². The summed E-state index contributed by atoms with van der Waals surface area (Å²) in [6, 6.07) is 4.60. The molecule has 7 rings (SSSR count). The summed E-state index contributed by atoms with van der Waals surface area (Å²) < 4.78 is 68.1. The van der Waals surface area contributed by atoms with Crippen LogP contribution >= 0.6 is 0 Å². The Morgan fingerprint density at radius 2 is 2.13 bits per heavy atom. The lowest BCUT2D eigenvalue weighted by molar-refractivity contribution is -0.330. The maximum atomic E-state index is 15.1. The number of ether oxygens (including phenoxy) is 3. The van der Waals surface area contributed by atoms with Gasteiger partial charge in [0.2, 0.25) is 0 Å². The molecule has 16 heteroatoms. The van der Waals surface area contributed by atoms with Crippen LogP contribution in [0.3, 0.4) is 0 Å². The first kappa shape index (κ1) is 24.4. The number of alkyl carbamates (subject to hydrolysis) is 1. The summed E-state index contributed by atoms with van der Waals surface area (Å²) in [7, 11) is 0. The Kier molecular flexibility index (Phi) is 5.65. The molecule has 1 amide bonds. The highest BCUT2D eigenvalue weighted by molar-refractivity contribution is 5.73. The first-order valence-electron chi connectivity index (χ1n) is 11.7. The zero-order chi connectivity index (χ0) is 26.7. The molecule has 0 aromatic carbocycles. The number of alkyl halides is 4. The van der Waals surface area contributed by atoms with Gasteiger partial charge >= 0.3 is 12.5 Å². The van der Waals surface area contributed by atoms with Gasteiger partial charge in [0.15, 0.2) is 29.6 Å². The molecule has 4 heterocycles. The third-order valence-electron chi connectivity index (χ3n) is 6.90. The van der Waals surface area contributed by atoms with Crippen LogP contribution in [0.1, 0.15) is 42.4 Å². The van der Waals surface area contributed by atoms with Gasteiger partial charge in [-0.2, -0.15) is 15.5 Å². The van der Waals surface area contributed by atoms with Crippen LogP contribution in [-0.2, 0) is 20.8 Å². The van der Waals surface area contributed by atoms with Gasteiger partial charge in [0.1, 0.15) is 24.3 Å². The number of anilines is 2. The van der Waals surface area contributed by atoms with Crippen molar-refractivity contribution in [3.05, 3.63) is 35.4 Å². The van der Waals surface area contributed by atoms with E-state index >= 15 is 4.39 Å². The highest BCUT2D eigenvalue weighted by Gasteiger charge is 2.58. The van der Waals surface area contributed by atoms with Crippen molar-refractivity contribution in [1.82, 2.24) is 30.1 Å². The van der Waals surface area contributed by atoms with E-state index in [1.54, 1.807) is 0 Å². The van der Waals surface area contributed by atoms with E-state index in [4.69, 9.17) is 9.47 Å². The summed E-state index contributed by atoms with van der Waals surface area (Å²) in [5.74, 6) is 0.906. The zero-order valence-corrected chi connectivity index (χ0v) is 19.5. The second-order valence-corrected chi connectivity index (χ2v) is 9.65. The molecule has 0 spiro atoms. The van der Waals surface area contributed by atoms with E-state index in [0.717, 1.165) is 19.3 Å². The Morgan fingerprint density at radius 3 is 2.82 bits per heavy atom. The van der Waals surface area contributed by atoms with E-state index in [0.29, 0.717) is 5.92 Å². The molecule has 3 aliphatic carbocycles. The lowest BCUT2D eigenvalue weighted by atomic mass is 9.50. The highest BCUT2D eigenvalue weighted by Crippen LogP contribution is 2.57. The monoisotopic (exact) mass is 536 g/mol. The van der Waals surface area contributed by atoms with Gasteiger partial charge in [0.05, 0.1) is 24.2 Å². The molecule has 3 saturated carbocycles. The van der Waals surface area contributed by atoms with Crippen molar-refractivity contribution >= 4 is 23.2 Å². The van der Waals surface area contributed by atoms with Crippen molar-refractivity contribution in [3.8, 4) is 6.07 Å². The van der Waals surface area contributed by atoms with Crippen LogP contribution in [0.25, 0.3) is 5.52 Å². The van der Waals surface area contributed by atoms with Gasteiger partial charge in [-0.1, -0.05) is 0 Å². The smallest absolute Gasteiger partial charge is 0.441 e. The number of hydrogen-bond acceptors (Lipinski definition) is 9. The van der Waals surface area contributed by atoms with Crippen molar-refractivity contribution in [2.75, 3.05) is 11.9 Å². The molecule has 2 bridgehead atoms. The van der Waals surface area contributed by atoms with Crippen molar-refractivity contribution in [2.24, 2.45) is 5.92 Å². The number of fused-ring (bicyclic) bond motifs is 1. The molecule has 1 aliphatic heterocycles. The van der Waals surface area contributed by atoms with Crippen molar-refractivity contribution in [2.45, 2.75) is 56.2 Å². The molecule has 3 atom stereocenters. The Hall–Kier alpha value is -3.97.